The van der Waals surface area contributed by atoms with Crippen LogP contribution in [0.1, 0.15) is 93.7 Å². The fraction of sp³-hybridized carbons (Fsp3) is 0.196. The third-order valence-electron chi connectivity index (χ3n) is 10.3. The lowest BCUT2D eigenvalue weighted by molar-refractivity contribution is 0.480. The summed E-state index contributed by atoms with van der Waals surface area (Å²) in [6.45, 7) is 18.7. The van der Waals surface area contributed by atoms with E-state index in [4.69, 9.17) is 22.4 Å². The number of ether oxygens (including phenoxy) is 1. The largest absolute Gasteiger partial charge is 0.464 e. The summed E-state index contributed by atoms with van der Waals surface area (Å²) in [6, 6.07) is 32.1. The summed E-state index contributed by atoms with van der Waals surface area (Å²) in [4.78, 5) is 6.29. The van der Waals surface area contributed by atoms with Gasteiger partial charge in [-0.1, -0.05) is 154 Å². The average molecular weight is 811 g/mol. The van der Waals surface area contributed by atoms with Crippen molar-refractivity contribution in [3.05, 3.63) is 217 Å². The van der Waals surface area contributed by atoms with Crippen molar-refractivity contribution in [3.63, 3.8) is 0 Å². The Bertz CT molecular complexity index is 2350. The minimum atomic E-state index is 0.0399. The van der Waals surface area contributed by atoms with Crippen molar-refractivity contribution in [1.29, 1.82) is 0 Å². The predicted octanol–water partition coefficient (Wildman–Crippen LogP) is 15.6. The molecule has 1 heterocycles. The Morgan fingerprint density at radius 1 is 0.817 bits per heavy atom. The van der Waals surface area contributed by atoms with E-state index in [9.17, 15) is 0 Å². The number of rotatable bonds is 10. The minimum absolute atomic E-state index is 0.0399. The lowest BCUT2D eigenvalue weighted by Gasteiger charge is -2.20. The van der Waals surface area contributed by atoms with Gasteiger partial charge in [0, 0.05) is 28.2 Å². The number of nitrogens with two attached hydrogens (primary N) is 1. The van der Waals surface area contributed by atoms with E-state index in [1.165, 1.54) is 40.5 Å². The zero-order valence-corrected chi connectivity index (χ0v) is 37.1. The van der Waals surface area contributed by atoms with Gasteiger partial charge in [0.25, 0.3) is 0 Å². The number of hydrogen-bond donors (Lipinski definition) is 2. The molecule has 0 bridgehead atoms. The summed E-state index contributed by atoms with van der Waals surface area (Å²) >= 11 is 5.01. The number of benzene rings is 4. The molecule has 0 fully saturated rings. The van der Waals surface area contributed by atoms with Crippen molar-refractivity contribution < 1.29 is 4.74 Å². The minimum Gasteiger partial charge on any atom is -0.464 e. The predicted molar refractivity (Wildman–Crippen MR) is 268 cm³/mol. The van der Waals surface area contributed by atoms with Crippen LogP contribution in [0.15, 0.2) is 199 Å². The fourth-order valence-electron chi connectivity index (χ4n) is 7.47. The zero-order chi connectivity index (χ0) is 43.3. The van der Waals surface area contributed by atoms with E-state index < -0.39 is 0 Å². The first-order chi connectivity index (χ1) is 29.5. The van der Waals surface area contributed by atoms with Gasteiger partial charge >= 0.3 is 0 Å². The first-order valence-electron chi connectivity index (χ1n) is 21.0. The van der Waals surface area contributed by atoms with Gasteiger partial charge in [0.1, 0.15) is 5.75 Å². The van der Waals surface area contributed by atoms with Crippen molar-refractivity contribution in [3.8, 4) is 16.9 Å². The van der Waals surface area contributed by atoms with Crippen LogP contribution in [0.5, 0.6) is 5.75 Å². The Morgan fingerprint density at radius 2 is 1.52 bits per heavy atom. The summed E-state index contributed by atoms with van der Waals surface area (Å²) in [6.07, 6.45) is 30.4. The van der Waals surface area contributed by atoms with E-state index in [2.05, 4.69) is 167 Å². The second kappa shape index (κ2) is 24.9. The lowest BCUT2D eigenvalue weighted by Crippen LogP contribution is -2.08. The molecular weight excluding hydrogens is 749 g/mol. The van der Waals surface area contributed by atoms with Crippen molar-refractivity contribution in [1.82, 2.24) is 0 Å². The van der Waals surface area contributed by atoms with Crippen molar-refractivity contribution >= 4 is 40.6 Å². The van der Waals surface area contributed by atoms with Gasteiger partial charge in [0.05, 0.1) is 12.3 Å². The quantitative estimate of drug-likeness (QED) is 0.0725. The van der Waals surface area contributed by atoms with Crippen LogP contribution in [0.2, 0.25) is 0 Å². The van der Waals surface area contributed by atoms with Crippen LogP contribution in [0, 0.1) is 0 Å². The van der Waals surface area contributed by atoms with Crippen LogP contribution in [0.25, 0.3) is 33.4 Å². The maximum atomic E-state index is 6.03. The summed E-state index contributed by atoms with van der Waals surface area (Å²) in [5, 5.41) is 0. The summed E-state index contributed by atoms with van der Waals surface area (Å²) in [5.41, 5.74) is 19.8. The number of nitrogens with zero attached hydrogens (tertiary/aromatic N) is 1. The molecule has 308 valence electrons. The van der Waals surface area contributed by atoms with Crippen molar-refractivity contribution in [2.75, 3.05) is 7.05 Å². The van der Waals surface area contributed by atoms with Crippen LogP contribution in [0.3, 0.4) is 0 Å². The molecule has 1 unspecified atom stereocenters. The Labute approximate surface area is 366 Å². The van der Waals surface area contributed by atoms with E-state index >= 15 is 0 Å². The highest BCUT2D eigenvalue weighted by molar-refractivity contribution is 7.80. The summed E-state index contributed by atoms with van der Waals surface area (Å²) in [5.74, 6) is 0.782. The van der Waals surface area contributed by atoms with E-state index in [1.807, 2.05) is 44.2 Å². The number of thiol groups is 1. The molecule has 0 amide bonds. The normalized spacial score (nSPS) is 16.2. The second-order valence-corrected chi connectivity index (χ2v) is 14.3. The molecule has 0 spiro atoms. The molecule has 4 heteroatoms. The highest BCUT2D eigenvalue weighted by atomic mass is 32.1. The highest BCUT2D eigenvalue weighted by Crippen LogP contribution is 2.42. The van der Waals surface area contributed by atoms with Crippen LogP contribution in [-0.2, 0) is 0 Å². The van der Waals surface area contributed by atoms with Gasteiger partial charge in [-0.25, -0.2) is 0 Å². The third kappa shape index (κ3) is 12.1. The first kappa shape index (κ1) is 46.7. The molecule has 0 saturated carbocycles. The summed E-state index contributed by atoms with van der Waals surface area (Å²) < 4.78 is 6.03. The van der Waals surface area contributed by atoms with Gasteiger partial charge in [-0.3, -0.25) is 4.99 Å². The van der Waals surface area contributed by atoms with E-state index in [1.54, 1.807) is 6.26 Å². The summed E-state index contributed by atoms with van der Waals surface area (Å²) in [7, 11) is 1.50. The van der Waals surface area contributed by atoms with Gasteiger partial charge in [0.2, 0.25) is 0 Å². The zero-order valence-electron chi connectivity index (χ0n) is 36.2. The van der Waals surface area contributed by atoms with E-state index in [0.29, 0.717) is 6.42 Å². The van der Waals surface area contributed by atoms with Crippen LogP contribution in [0.4, 0.5) is 0 Å². The molecule has 1 atom stereocenters. The molecule has 1 aliphatic heterocycles. The average Bonchev–Trinajstić information content (AvgIpc) is 3.32. The Balaban J connectivity index is 0.00000127. The molecule has 4 aromatic rings. The van der Waals surface area contributed by atoms with Gasteiger partial charge in [-0.2, -0.15) is 0 Å². The second-order valence-electron chi connectivity index (χ2n) is 13.8. The maximum absolute atomic E-state index is 6.03. The molecule has 2 N–H and O–H groups in total. The Kier molecular flexibility index (Phi) is 19.4. The molecule has 60 heavy (non-hydrogen) atoms. The monoisotopic (exact) mass is 810 g/mol. The first-order valence-corrected chi connectivity index (χ1v) is 21.5. The molecule has 0 radical (unpaired) electrons. The van der Waals surface area contributed by atoms with Gasteiger partial charge in [-0.15, -0.1) is 25.8 Å². The Morgan fingerprint density at radius 3 is 2.20 bits per heavy atom. The van der Waals surface area contributed by atoms with Crippen LogP contribution in [-0.4, -0.2) is 12.8 Å². The van der Waals surface area contributed by atoms with Crippen LogP contribution >= 0.6 is 12.6 Å². The van der Waals surface area contributed by atoms with Gasteiger partial charge in [-0.05, 0) is 127 Å². The molecule has 2 aliphatic carbocycles. The lowest BCUT2D eigenvalue weighted by atomic mass is 9.87. The smallest absolute Gasteiger partial charge is 0.134 e. The number of fused-ring (bicyclic) bond motifs is 1. The molecular formula is C56H62N2OS. The molecule has 0 saturated heterocycles. The highest BCUT2D eigenvalue weighted by Gasteiger charge is 2.19. The maximum Gasteiger partial charge on any atom is 0.134 e. The number of hydrogen-bond acceptors (Lipinski definition) is 4. The van der Waals surface area contributed by atoms with E-state index in [0.717, 1.165) is 75.4 Å². The Hall–Kier alpha value is -5.94. The molecule has 3 aliphatic rings. The van der Waals surface area contributed by atoms with Crippen molar-refractivity contribution in [2.24, 2.45) is 10.7 Å². The third-order valence-corrected chi connectivity index (χ3v) is 10.7. The molecule has 3 nitrogen and oxygen atoms in total. The topological polar surface area (TPSA) is 47.6 Å². The molecule has 4 aromatic carbocycles. The number of aliphatic imine (C=N–C) groups is 1. The fourth-order valence-corrected chi connectivity index (χ4v) is 7.81. The van der Waals surface area contributed by atoms with E-state index in [-0.39, 0.29) is 6.04 Å². The van der Waals surface area contributed by atoms with Crippen LogP contribution < -0.4 is 10.5 Å². The standard InChI is InChI=1S/C51H47NOS.C2H6.C2H4.CH5N/c1-4-38(51-46(26-16-29-49(51)54)45-25-15-28-48-50(45)36(2)17-11-12-34-53-48)22-14-27-47(52-37(3)39-18-7-5-8-19-39)42-32-30-41(31-33-42)44-24-13-23-43(35-44)40-20-9-6-10-21-40;3*1-2/h4-9,11-20,22-26,28-30,32,34-35,37,54H,2,10,21,27,31,33H2,1,3H3;1-2H3;1-2H2;2H2,1H3/b17-11-,22-14-,34-12-,38-4+,52-47?;;;. The molecule has 7 rings (SSSR count). The SMILES string of the molecule is C=C.C=C1/C=C\C=C/Oc2cccc(-c3cccc(S)c3C(/C=C\CC(=NC(C)c3ccccc3)C3=CC=C(c4cccc(C5=CC=CCC5)c4)CC3)=C/C)c21.CC.CN. The van der Waals surface area contributed by atoms with Crippen molar-refractivity contribution in [2.45, 2.75) is 70.7 Å². The number of allylic oxidation sites excluding steroid dienone is 16. The van der Waals surface area contributed by atoms with Gasteiger partial charge in [0.15, 0.2) is 0 Å². The molecule has 0 aromatic heterocycles. The van der Waals surface area contributed by atoms with Gasteiger partial charge < -0.3 is 10.5 Å².